The van der Waals surface area contributed by atoms with Crippen LogP contribution in [0, 0.1) is 0 Å². The van der Waals surface area contributed by atoms with Crippen LogP contribution in [0.15, 0.2) is 72.4 Å². The van der Waals surface area contributed by atoms with Crippen LogP contribution < -0.4 is 0 Å². The molecule has 0 spiro atoms. The van der Waals surface area contributed by atoms with Gasteiger partial charge in [-0.2, -0.15) is 0 Å². The second kappa shape index (κ2) is 7.20. The molecule has 0 atom stereocenters. The highest BCUT2D eigenvalue weighted by molar-refractivity contribution is 7.99. The zero-order chi connectivity index (χ0) is 18.8. The second-order valence-corrected chi connectivity index (χ2v) is 6.84. The molecule has 2 aromatic carbocycles. The number of hydrogen-bond acceptors (Lipinski definition) is 5. The van der Waals surface area contributed by atoms with Crippen LogP contribution in [0.25, 0.3) is 11.4 Å². The van der Waals surface area contributed by atoms with Gasteiger partial charge < -0.3 is 0 Å². The average molecular weight is 376 g/mol. The molecule has 2 heterocycles. The molecule has 3 aromatic rings. The Hall–Kier alpha value is -3.19. The first-order valence-corrected chi connectivity index (χ1v) is 9.37. The van der Waals surface area contributed by atoms with Crippen molar-refractivity contribution in [1.82, 2.24) is 19.7 Å². The molecule has 0 N–H and O–H groups in total. The molecule has 1 aliphatic heterocycles. The van der Waals surface area contributed by atoms with Crippen molar-refractivity contribution >= 4 is 23.6 Å². The number of imide groups is 1. The molecule has 0 aliphatic carbocycles. The Balaban J connectivity index is 1.57. The molecule has 7 heteroatoms. The fourth-order valence-electron chi connectivity index (χ4n) is 2.97. The standard InChI is InChI=1S/C20H16N4O2S/c1-2-12-23-17(14-8-4-3-5-9-14)21-22-20(23)27-13-24-18(25)15-10-6-7-11-16(15)19(24)26/h2-11H,1,12-13H2. The second-order valence-electron chi connectivity index (χ2n) is 5.93. The van der Waals surface area contributed by atoms with Crippen LogP contribution in [0.3, 0.4) is 0 Å². The first kappa shape index (κ1) is 17.2. The molecule has 2 amide bonds. The minimum atomic E-state index is -0.277. The van der Waals surface area contributed by atoms with Crippen LogP contribution in [0.5, 0.6) is 0 Å². The molecule has 0 saturated heterocycles. The molecule has 1 aromatic heterocycles. The van der Waals surface area contributed by atoms with Gasteiger partial charge in [-0.1, -0.05) is 60.3 Å². The summed E-state index contributed by atoms with van der Waals surface area (Å²) < 4.78 is 1.92. The lowest BCUT2D eigenvalue weighted by atomic mass is 10.1. The van der Waals surface area contributed by atoms with Gasteiger partial charge in [-0.25, -0.2) is 0 Å². The Morgan fingerprint density at radius 1 is 0.926 bits per heavy atom. The van der Waals surface area contributed by atoms with E-state index in [2.05, 4.69) is 16.8 Å². The predicted octanol–water partition coefficient (Wildman–Crippen LogP) is 3.48. The lowest BCUT2D eigenvalue weighted by Gasteiger charge is -2.13. The number of carbonyl (C=O) groups is 2. The van der Waals surface area contributed by atoms with Crippen molar-refractivity contribution in [2.45, 2.75) is 11.7 Å². The molecule has 0 radical (unpaired) electrons. The maximum absolute atomic E-state index is 12.5. The normalized spacial score (nSPS) is 13.1. The fraction of sp³-hybridized carbons (Fsp3) is 0.100. The van der Waals surface area contributed by atoms with Gasteiger partial charge in [-0.15, -0.1) is 16.8 Å². The van der Waals surface area contributed by atoms with Gasteiger partial charge in [0.15, 0.2) is 11.0 Å². The summed E-state index contributed by atoms with van der Waals surface area (Å²) in [6, 6.07) is 16.6. The zero-order valence-corrected chi connectivity index (χ0v) is 15.2. The summed E-state index contributed by atoms with van der Waals surface area (Å²) in [6.45, 7) is 4.33. The van der Waals surface area contributed by atoms with Crippen LogP contribution in [-0.2, 0) is 6.54 Å². The van der Waals surface area contributed by atoms with E-state index < -0.39 is 0 Å². The zero-order valence-electron chi connectivity index (χ0n) is 14.4. The van der Waals surface area contributed by atoms with Gasteiger partial charge in [0.1, 0.15) is 0 Å². The maximum atomic E-state index is 12.5. The summed E-state index contributed by atoms with van der Waals surface area (Å²) in [6.07, 6.45) is 1.77. The van der Waals surface area contributed by atoms with Gasteiger partial charge in [0.2, 0.25) is 0 Å². The molecular weight excluding hydrogens is 360 g/mol. The SMILES string of the molecule is C=CCn1c(SCN2C(=O)c3ccccc3C2=O)nnc1-c1ccccc1. The number of benzene rings is 2. The van der Waals surface area contributed by atoms with Crippen molar-refractivity contribution in [3.8, 4) is 11.4 Å². The number of carbonyl (C=O) groups excluding carboxylic acids is 2. The summed E-state index contributed by atoms with van der Waals surface area (Å²) in [7, 11) is 0. The van der Waals surface area contributed by atoms with Gasteiger partial charge >= 0.3 is 0 Å². The molecule has 27 heavy (non-hydrogen) atoms. The minimum Gasteiger partial charge on any atom is -0.298 e. The fourth-order valence-corrected chi connectivity index (χ4v) is 3.86. The van der Waals surface area contributed by atoms with E-state index in [0.717, 1.165) is 11.4 Å². The number of allylic oxidation sites excluding steroid dienone is 1. The van der Waals surface area contributed by atoms with Crippen molar-refractivity contribution in [3.63, 3.8) is 0 Å². The molecule has 1 aliphatic rings. The third-order valence-electron chi connectivity index (χ3n) is 4.26. The molecule has 4 rings (SSSR count). The summed E-state index contributed by atoms with van der Waals surface area (Å²) in [4.78, 5) is 26.2. The monoisotopic (exact) mass is 376 g/mol. The van der Waals surface area contributed by atoms with Crippen LogP contribution in [0.1, 0.15) is 20.7 Å². The van der Waals surface area contributed by atoms with Crippen molar-refractivity contribution in [2.75, 3.05) is 5.88 Å². The van der Waals surface area contributed by atoms with Crippen LogP contribution in [0.2, 0.25) is 0 Å². The number of fused-ring (bicyclic) bond motifs is 1. The number of amides is 2. The van der Waals surface area contributed by atoms with E-state index in [1.165, 1.54) is 16.7 Å². The highest BCUT2D eigenvalue weighted by atomic mass is 32.2. The average Bonchev–Trinajstić information content (AvgIpc) is 3.21. The number of rotatable bonds is 6. The molecule has 0 bridgehead atoms. The Morgan fingerprint density at radius 2 is 1.56 bits per heavy atom. The van der Waals surface area contributed by atoms with Crippen molar-refractivity contribution in [2.24, 2.45) is 0 Å². The number of thioether (sulfide) groups is 1. The van der Waals surface area contributed by atoms with Gasteiger partial charge in [0, 0.05) is 12.1 Å². The van der Waals surface area contributed by atoms with E-state index in [1.807, 2.05) is 34.9 Å². The third kappa shape index (κ3) is 3.06. The largest absolute Gasteiger partial charge is 0.298 e. The minimum absolute atomic E-state index is 0.177. The van der Waals surface area contributed by atoms with Gasteiger partial charge in [0.25, 0.3) is 11.8 Å². The topological polar surface area (TPSA) is 68.1 Å². The van der Waals surface area contributed by atoms with Crippen LogP contribution >= 0.6 is 11.8 Å². The number of hydrogen-bond donors (Lipinski definition) is 0. The lowest BCUT2D eigenvalue weighted by molar-refractivity contribution is 0.0684. The molecule has 0 unspecified atom stereocenters. The van der Waals surface area contributed by atoms with Gasteiger partial charge in [-0.3, -0.25) is 19.1 Å². The molecule has 6 nitrogen and oxygen atoms in total. The predicted molar refractivity (Wildman–Crippen MR) is 103 cm³/mol. The Bertz CT molecular complexity index is 994. The quantitative estimate of drug-likeness (QED) is 0.374. The van der Waals surface area contributed by atoms with Crippen LogP contribution in [0.4, 0.5) is 0 Å². The van der Waals surface area contributed by atoms with Crippen molar-refractivity contribution in [1.29, 1.82) is 0 Å². The highest BCUT2D eigenvalue weighted by Gasteiger charge is 2.35. The summed E-state index contributed by atoms with van der Waals surface area (Å²) in [5, 5.41) is 9.16. The van der Waals surface area contributed by atoms with Crippen molar-refractivity contribution < 1.29 is 9.59 Å². The third-order valence-corrected chi connectivity index (χ3v) is 5.21. The van der Waals surface area contributed by atoms with E-state index in [-0.39, 0.29) is 17.7 Å². The van der Waals surface area contributed by atoms with E-state index >= 15 is 0 Å². The Morgan fingerprint density at radius 3 is 2.19 bits per heavy atom. The molecule has 134 valence electrons. The van der Waals surface area contributed by atoms with E-state index in [1.54, 1.807) is 30.3 Å². The summed E-state index contributed by atoms with van der Waals surface area (Å²) in [5.41, 5.74) is 1.83. The molecule has 0 saturated carbocycles. The summed E-state index contributed by atoms with van der Waals surface area (Å²) >= 11 is 1.30. The molecular formula is C20H16N4O2S. The first-order chi connectivity index (χ1) is 13.2. The lowest BCUT2D eigenvalue weighted by Crippen LogP contribution is -2.29. The first-order valence-electron chi connectivity index (χ1n) is 8.38. The van der Waals surface area contributed by atoms with Gasteiger partial charge in [-0.05, 0) is 12.1 Å². The smallest absolute Gasteiger partial charge is 0.262 e. The Labute approximate surface area is 160 Å². The van der Waals surface area contributed by atoms with Crippen molar-refractivity contribution in [3.05, 3.63) is 78.4 Å². The van der Waals surface area contributed by atoms with Gasteiger partial charge in [0.05, 0.1) is 17.0 Å². The highest BCUT2D eigenvalue weighted by Crippen LogP contribution is 2.28. The number of aromatic nitrogens is 3. The molecule has 0 fully saturated rings. The maximum Gasteiger partial charge on any atom is 0.262 e. The Kier molecular flexibility index (Phi) is 4.60. The van der Waals surface area contributed by atoms with E-state index in [4.69, 9.17) is 0 Å². The number of nitrogens with zero attached hydrogens (tertiary/aromatic N) is 4. The summed E-state index contributed by atoms with van der Waals surface area (Å²) in [5.74, 6) is 0.346. The van der Waals surface area contributed by atoms with E-state index in [0.29, 0.717) is 22.8 Å². The van der Waals surface area contributed by atoms with E-state index in [9.17, 15) is 9.59 Å². The van der Waals surface area contributed by atoms with Crippen LogP contribution in [-0.4, -0.2) is 37.4 Å².